The van der Waals surface area contributed by atoms with Gasteiger partial charge in [0.15, 0.2) is 5.96 Å². The highest BCUT2D eigenvalue weighted by atomic mass is 127. The highest BCUT2D eigenvalue weighted by Crippen LogP contribution is 2.18. The van der Waals surface area contributed by atoms with Crippen molar-refractivity contribution in [2.24, 2.45) is 10.9 Å². The van der Waals surface area contributed by atoms with E-state index < -0.39 is 0 Å². The lowest BCUT2D eigenvalue weighted by molar-refractivity contribution is -0.119. The third kappa shape index (κ3) is 7.61. The fraction of sp³-hybridized carbons (Fsp3) is 0.652. The number of nitrogens with one attached hydrogen (secondary N) is 2. The maximum absolute atomic E-state index is 12.2. The summed E-state index contributed by atoms with van der Waals surface area (Å²) in [7, 11) is 0. The Morgan fingerprint density at radius 2 is 2.03 bits per heavy atom. The average Bonchev–Trinajstić information content (AvgIpc) is 3.27. The fourth-order valence-corrected chi connectivity index (χ4v) is 3.97. The molecule has 2 aliphatic rings. The van der Waals surface area contributed by atoms with Gasteiger partial charge in [-0.15, -0.1) is 24.0 Å². The van der Waals surface area contributed by atoms with Gasteiger partial charge in [0.05, 0.1) is 19.8 Å². The molecule has 1 aromatic carbocycles. The molecular formula is C23H38IN5O2. The molecule has 8 heteroatoms. The number of hydrogen-bond donors (Lipinski definition) is 2. The summed E-state index contributed by atoms with van der Waals surface area (Å²) < 4.78 is 5.50. The minimum absolute atomic E-state index is 0. The summed E-state index contributed by atoms with van der Waals surface area (Å²) >= 11 is 0. The summed E-state index contributed by atoms with van der Waals surface area (Å²) in [6.45, 7) is 13.3. The molecule has 0 saturated carbocycles. The number of hydrogen-bond acceptors (Lipinski definition) is 4. The number of guanidine groups is 1. The zero-order valence-corrected chi connectivity index (χ0v) is 21.4. The first-order chi connectivity index (χ1) is 14.6. The SMILES string of the molecule is CCNC(=NCc1cccc(NC(=O)C(C)CC)c1)N1CCC(N2CCOCC2)C1.I. The summed E-state index contributed by atoms with van der Waals surface area (Å²) in [5, 5.41) is 6.46. The Morgan fingerprint density at radius 1 is 1.26 bits per heavy atom. The zero-order valence-electron chi connectivity index (χ0n) is 19.1. The number of likely N-dealkylation sites (tertiary alicyclic amines) is 1. The van der Waals surface area contributed by atoms with E-state index in [-0.39, 0.29) is 35.8 Å². The largest absolute Gasteiger partial charge is 0.379 e. The number of rotatable bonds is 7. The predicted octanol–water partition coefficient (Wildman–Crippen LogP) is 3.16. The summed E-state index contributed by atoms with van der Waals surface area (Å²) in [4.78, 5) is 22.0. The van der Waals surface area contributed by atoms with Gasteiger partial charge in [0.1, 0.15) is 0 Å². The molecule has 2 saturated heterocycles. The van der Waals surface area contributed by atoms with Crippen LogP contribution in [-0.4, -0.2) is 73.6 Å². The number of morpholine rings is 1. The Morgan fingerprint density at radius 3 is 2.74 bits per heavy atom. The van der Waals surface area contributed by atoms with Crippen LogP contribution in [0.25, 0.3) is 0 Å². The Kier molecular flexibility index (Phi) is 11.0. The number of nitrogens with zero attached hydrogens (tertiary/aromatic N) is 3. The van der Waals surface area contributed by atoms with Gasteiger partial charge in [0, 0.05) is 50.4 Å². The molecule has 2 atom stereocenters. The lowest BCUT2D eigenvalue weighted by atomic mass is 10.1. The van der Waals surface area contributed by atoms with Crippen LogP contribution >= 0.6 is 24.0 Å². The normalized spacial score (nSPS) is 20.8. The third-order valence-corrected chi connectivity index (χ3v) is 6.03. The molecule has 174 valence electrons. The summed E-state index contributed by atoms with van der Waals surface area (Å²) in [5.74, 6) is 1.06. The first-order valence-corrected chi connectivity index (χ1v) is 11.4. The van der Waals surface area contributed by atoms with Crippen molar-refractivity contribution in [1.29, 1.82) is 0 Å². The average molecular weight is 543 g/mol. The molecule has 7 nitrogen and oxygen atoms in total. The summed E-state index contributed by atoms with van der Waals surface area (Å²) in [6.07, 6.45) is 2.00. The van der Waals surface area contributed by atoms with E-state index in [0.717, 1.165) is 69.6 Å². The lowest BCUT2D eigenvalue weighted by Crippen LogP contribution is -2.46. The quantitative estimate of drug-likeness (QED) is 0.314. The van der Waals surface area contributed by atoms with Crippen molar-refractivity contribution in [1.82, 2.24) is 15.1 Å². The van der Waals surface area contributed by atoms with E-state index in [4.69, 9.17) is 9.73 Å². The van der Waals surface area contributed by atoms with E-state index in [1.54, 1.807) is 0 Å². The van der Waals surface area contributed by atoms with Gasteiger partial charge < -0.3 is 20.3 Å². The molecule has 2 heterocycles. The minimum Gasteiger partial charge on any atom is -0.379 e. The number of ether oxygens (including phenoxy) is 1. The standard InChI is InChI=1S/C23H37N5O2.HI/c1-4-18(3)22(29)26-20-8-6-7-19(15-20)16-25-23(24-5-2)28-10-9-21(17-28)27-11-13-30-14-12-27;/h6-8,15,18,21H,4-5,9-14,16-17H2,1-3H3,(H,24,25)(H,26,29);1H. The molecule has 2 N–H and O–H groups in total. The van der Waals surface area contributed by atoms with Crippen molar-refractivity contribution < 1.29 is 9.53 Å². The van der Waals surface area contributed by atoms with Gasteiger partial charge >= 0.3 is 0 Å². The first-order valence-electron chi connectivity index (χ1n) is 11.4. The lowest BCUT2D eigenvalue weighted by Gasteiger charge is -2.32. The van der Waals surface area contributed by atoms with Crippen LogP contribution in [-0.2, 0) is 16.1 Å². The van der Waals surface area contributed by atoms with Crippen LogP contribution in [0.4, 0.5) is 5.69 Å². The number of carbonyl (C=O) groups is 1. The number of carbonyl (C=O) groups excluding carboxylic acids is 1. The van der Waals surface area contributed by atoms with Gasteiger partial charge in [-0.3, -0.25) is 9.69 Å². The Balaban J connectivity index is 0.00000341. The summed E-state index contributed by atoms with van der Waals surface area (Å²) in [6, 6.07) is 8.58. The molecule has 0 bridgehead atoms. The number of halogens is 1. The van der Waals surface area contributed by atoms with Crippen molar-refractivity contribution in [3.05, 3.63) is 29.8 Å². The molecule has 0 radical (unpaired) electrons. The molecule has 2 fully saturated rings. The number of anilines is 1. The van der Waals surface area contributed by atoms with Crippen molar-refractivity contribution in [3.8, 4) is 0 Å². The zero-order chi connectivity index (χ0) is 21.3. The summed E-state index contributed by atoms with van der Waals surface area (Å²) in [5.41, 5.74) is 1.93. The maximum Gasteiger partial charge on any atom is 0.227 e. The monoisotopic (exact) mass is 543 g/mol. The van der Waals surface area contributed by atoms with Gasteiger partial charge in [0.25, 0.3) is 0 Å². The van der Waals surface area contributed by atoms with E-state index in [0.29, 0.717) is 12.6 Å². The molecule has 3 rings (SSSR count). The van der Waals surface area contributed by atoms with Crippen LogP contribution < -0.4 is 10.6 Å². The molecule has 2 aliphatic heterocycles. The van der Waals surface area contributed by atoms with Gasteiger partial charge in [0.2, 0.25) is 5.91 Å². The number of aliphatic imine (C=N–C) groups is 1. The van der Waals surface area contributed by atoms with Crippen molar-refractivity contribution in [3.63, 3.8) is 0 Å². The molecule has 0 aromatic heterocycles. The van der Waals surface area contributed by atoms with Crippen LogP contribution in [0.2, 0.25) is 0 Å². The van der Waals surface area contributed by atoms with E-state index in [9.17, 15) is 4.79 Å². The second-order valence-corrected chi connectivity index (χ2v) is 8.21. The second-order valence-electron chi connectivity index (χ2n) is 8.21. The first kappa shape index (κ1) is 25.9. The van der Waals surface area contributed by atoms with Crippen molar-refractivity contribution >= 4 is 41.5 Å². The molecule has 31 heavy (non-hydrogen) atoms. The van der Waals surface area contributed by atoms with Crippen LogP contribution in [0.3, 0.4) is 0 Å². The molecule has 1 aromatic rings. The van der Waals surface area contributed by atoms with Gasteiger partial charge in [-0.25, -0.2) is 4.99 Å². The molecule has 0 aliphatic carbocycles. The van der Waals surface area contributed by atoms with Crippen molar-refractivity contribution in [2.75, 3.05) is 51.3 Å². The third-order valence-electron chi connectivity index (χ3n) is 6.03. The Labute approximate surface area is 204 Å². The van der Waals surface area contributed by atoms with Gasteiger partial charge in [-0.05, 0) is 37.5 Å². The van der Waals surface area contributed by atoms with E-state index >= 15 is 0 Å². The Hall–Kier alpha value is -1.39. The maximum atomic E-state index is 12.2. The molecule has 0 spiro atoms. The Bertz CT molecular complexity index is 724. The number of benzene rings is 1. The fourth-order valence-electron chi connectivity index (χ4n) is 3.97. The van der Waals surface area contributed by atoms with E-state index in [1.165, 1.54) is 6.42 Å². The van der Waals surface area contributed by atoms with Gasteiger partial charge in [-0.1, -0.05) is 26.0 Å². The second kappa shape index (κ2) is 13.2. The van der Waals surface area contributed by atoms with E-state index in [1.807, 2.05) is 32.0 Å². The van der Waals surface area contributed by atoms with Crippen LogP contribution in [0.15, 0.2) is 29.3 Å². The molecule has 2 unspecified atom stereocenters. The van der Waals surface area contributed by atoms with Crippen LogP contribution in [0.5, 0.6) is 0 Å². The predicted molar refractivity (Wildman–Crippen MR) is 137 cm³/mol. The molecule has 1 amide bonds. The minimum atomic E-state index is 0. The topological polar surface area (TPSA) is 69.2 Å². The molecular weight excluding hydrogens is 505 g/mol. The van der Waals surface area contributed by atoms with Gasteiger partial charge in [-0.2, -0.15) is 0 Å². The van der Waals surface area contributed by atoms with Crippen LogP contribution in [0.1, 0.15) is 39.2 Å². The highest BCUT2D eigenvalue weighted by Gasteiger charge is 2.30. The van der Waals surface area contributed by atoms with E-state index in [2.05, 4.69) is 33.4 Å². The highest BCUT2D eigenvalue weighted by molar-refractivity contribution is 14.0. The smallest absolute Gasteiger partial charge is 0.227 e. The van der Waals surface area contributed by atoms with Crippen molar-refractivity contribution in [2.45, 2.75) is 46.2 Å². The number of amides is 1. The van der Waals surface area contributed by atoms with Crippen LogP contribution in [0, 0.1) is 5.92 Å².